The molecule has 28 heavy (non-hydrogen) atoms. The Morgan fingerprint density at radius 2 is 1.71 bits per heavy atom. The van der Waals surface area contributed by atoms with E-state index in [0.29, 0.717) is 18.1 Å². The highest BCUT2D eigenvalue weighted by Gasteiger charge is 2.09. The first-order valence-electron chi connectivity index (χ1n) is 8.97. The predicted molar refractivity (Wildman–Crippen MR) is 109 cm³/mol. The Morgan fingerprint density at radius 3 is 2.43 bits per heavy atom. The second-order valence-electron chi connectivity index (χ2n) is 6.40. The van der Waals surface area contributed by atoms with Gasteiger partial charge < -0.3 is 20.3 Å². The maximum atomic E-state index is 12.1. The molecular formula is C21H23N5O2. The molecule has 0 aliphatic carbocycles. The number of benzene rings is 2. The second-order valence-corrected chi connectivity index (χ2v) is 6.40. The van der Waals surface area contributed by atoms with E-state index < -0.39 is 0 Å². The van der Waals surface area contributed by atoms with E-state index in [1.165, 1.54) is 0 Å². The van der Waals surface area contributed by atoms with Gasteiger partial charge in [-0.1, -0.05) is 30.3 Å². The van der Waals surface area contributed by atoms with Gasteiger partial charge in [0, 0.05) is 13.1 Å². The molecule has 1 aromatic heterocycles. The summed E-state index contributed by atoms with van der Waals surface area (Å²) in [5.41, 5.74) is 1.03. The molecule has 0 fully saturated rings. The lowest BCUT2D eigenvalue weighted by molar-refractivity contribution is 0.0945. The Hall–Kier alpha value is -3.45. The fraction of sp³-hybridized carbons (Fsp3) is 0.190. The molecule has 0 unspecified atom stereocenters. The van der Waals surface area contributed by atoms with E-state index >= 15 is 0 Å². The van der Waals surface area contributed by atoms with E-state index in [9.17, 15) is 4.79 Å². The van der Waals surface area contributed by atoms with Crippen molar-refractivity contribution in [2.45, 2.75) is 0 Å². The molecule has 0 saturated heterocycles. The Balaban J connectivity index is 1.65. The average Bonchev–Trinajstić information content (AvgIpc) is 2.70. The van der Waals surface area contributed by atoms with Gasteiger partial charge in [-0.2, -0.15) is 0 Å². The van der Waals surface area contributed by atoms with E-state index in [0.717, 1.165) is 18.0 Å². The highest BCUT2D eigenvalue weighted by atomic mass is 16.5. The molecule has 0 bridgehead atoms. The lowest BCUT2D eigenvalue weighted by atomic mass is 10.2. The number of likely N-dealkylation sites (N-methyl/N-ethyl adjacent to an activating group) is 1. The molecule has 0 aliphatic rings. The predicted octanol–water partition coefficient (Wildman–Crippen LogP) is 3.30. The molecule has 2 aromatic carbocycles. The monoisotopic (exact) mass is 377 g/mol. The van der Waals surface area contributed by atoms with Crippen molar-refractivity contribution in [1.29, 1.82) is 0 Å². The average molecular weight is 377 g/mol. The highest BCUT2D eigenvalue weighted by molar-refractivity contribution is 5.92. The lowest BCUT2D eigenvalue weighted by Gasteiger charge is -2.12. The molecule has 144 valence electrons. The van der Waals surface area contributed by atoms with Crippen LogP contribution in [0.25, 0.3) is 0 Å². The Bertz CT molecular complexity index is 898. The van der Waals surface area contributed by atoms with Crippen molar-refractivity contribution in [3.8, 4) is 11.5 Å². The fourth-order valence-corrected chi connectivity index (χ4v) is 2.42. The molecule has 7 heteroatoms. The van der Waals surface area contributed by atoms with Crippen LogP contribution in [0.2, 0.25) is 0 Å². The first-order chi connectivity index (χ1) is 13.6. The fourth-order valence-electron chi connectivity index (χ4n) is 2.42. The Kier molecular flexibility index (Phi) is 6.54. The first-order valence-corrected chi connectivity index (χ1v) is 8.97. The molecule has 0 saturated carbocycles. The van der Waals surface area contributed by atoms with Crippen molar-refractivity contribution in [2.24, 2.45) is 0 Å². The number of amides is 1. The third-order valence-corrected chi connectivity index (χ3v) is 3.86. The Morgan fingerprint density at radius 1 is 0.964 bits per heavy atom. The molecule has 0 atom stereocenters. The summed E-state index contributed by atoms with van der Waals surface area (Å²) in [4.78, 5) is 14.1. The van der Waals surface area contributed by atoms with Crippen LogP contribution in [0.3, 0.4) is 0 Å². The second kappa shape index (κ2) is 9.48. The van der Waals surface area contributed by atoms with Gasteiger partial charge in [-0.05, 0) is 50.5 Å². The number of carbonyl (C=O) groups excluding carboxylic acids is 1. The minimum atomic E-state index is -0.242. The quantitative estimate of drug-likeness (QED) is 0.627. The van der Waals surface area contributed by atoms with Gasteiger partial charge in [0.15, 0.2) is 17.3 Å². The summed E-state index contributed by atoms with van der Waals surface area (Å²) >= 11 is 0. The van der Waals surface area contributed by atoms with Crippen LogP contribution in [-0.4, -0.2) is 48.2 Å². The third-order valence-electron chi connectivity index (χ3n) is 3.86. The van der Waals surface area contributed by atoms with Crippen molar-refractivity contribution in [2.75, 3.05) is 32.5 Å². The van der Waals surface area contributed by atoms with Crippen LogP contribution < -0.4 is 15.4 Å². The van der Waals surface area contributed by atoms with E-state index in [1.54, 1.807) is 12.1 Å². The topological polar surface area (TPSA) is 79.4 Å². The summed E-state index contributed by atoms with van der Waals surface area (Å²) in [7, 11) is 3.90. The molecule has 3 rings (SSSR count). The van der Waals surface area contributed by atoms with E-state index in [1.807, 2.05) is 73.6 Å². The highest BCUT2D eigenvalue weighted by Crippen LogP contribution is 2.30. The number of rotatable bonds is 8. The minimum Gasteiger partial charge on any atom is -0.455 e. The summed E-state index contributed by atoms with van der Waals surface area (Å²) in [6.07, 6.45) is 0. The largest absolute Gasteiger partial charge is 0.455 e. The van der Waals surface area contributed by atoms with E-state index in [2.05, 4.69) is 20.8 Å². The van der Waals surface area contributed by atoms with Crippen LogP contribution >= 0.6 is 0 Å². The SMILES string of the molecule is CN(C)CCNC(=O)c1ccc(Nc2ccccc2Oc2ccccc2)nn1. The number of nitrogens with one attached hydrogen (secondary N) is 2. The third kappa shape index (κ3) is 5.52. The van der Waals surface area contributed by atoms with Gasteiger partial charge in [-0.25, -0.2) is 0 Å². The van der Waals surface area contributed by atoms with Gasteiger partial charge >= 0.3 is 0 Å². The minimum absolute atomic E-state index is 0.242. The van der Waals surface area contributed by atoms with E-state index in [-0.39, 0.29) is 11.6 Å². The molecule has 0 aliphatic heterocycles. The van der Waals surface area contributed by atoms with Gasteiger partial charge in [0.2, 0.25) is 0 Å². The zero-order valence-electron chi connectivity index (χ0n) is 15.9. The van der Waals surface area contributed by atoms with Crippen LogP contribution in [0.15, 0.2) is 66.7 Å². The standard InChI is InChI=1S/C21H23N5O2/c1-26(2)15-14-22-21(27)18-12-13-20(25-24-18)23-17-10-6-7-11-19(17)28-16-8-4-3-5-9-16/h3-13H,14-15H2,1-2H3,(H,22,27)(H,23,25). The summed E-state index contributed by atoms with van der Waals surface area (Å²) in [6.45, 7) is 1.31. The van der Waals surface area contributed by atoms with Crippen molar-refractivity contribution in [3.63, 3.8) is 0 Å². The number of ether oxygens (including phenoxy) is 1. The molecule has 1 heterocycles. The molecular weight excluding hydrogens is 354 g/mol. The summed E-state index contributed by atoms with van der Waals surface area (Å²) < 4.78 is 5.93. The summed E-state index contributed by atoms with van der Waals surface area (Å²) in [5, 5.41) is 14.1. The number of nitrogens with zero attached hydrogens (tertiary/aromatic N) is 3. The Labute approximate surface area is 164 Å². The number of hydrogen-bond donors (Lipinski definition) is 2. The summed E-state index contributed by atoms with van der Waals surface area (Å²) in [6, 6.07) is 20.5. The van der Waals surface area contributed by atoms with Gasteiger partial charge in [0.1, 0.15) is 5.75 Å². The van der Waals surface area contributed by atoms with Gasteiger partial charge in [-0.15, -0.1) is 10.2 Å². The van der Waals surface area contributed by atoms with Crippen molar-refractivity contribution < 1.29 is 9.53 Å². The maximum absolute atomic E-state index is 12.1. The van der Waals surface area contributed by atoms with Crippen molar-refractivity contribution >= 4 is 17.4 Å². The molecule has 0 spiro atoms. The van der Waals surface area contributed by atoms with Gasteiger partial charge in [-0.3, -0.25) is 4.79 Å². The lowest BCUT2D eigenvalue weighted by Crippen LogP contribution is -2.31. The maximum Gasteiger partial charge on any atom is 0.271 e. The van der Waals surface area contributed by atoms with Crippen LogP contribution in [-0.2, 0) is 0 Å². The van der Waals surface area contributed by atoms with Gasteiger partial charge in [0.05, 0.1) is 5.69 Å². The van der Waals surface area contributed by atoms with Crippen molar-refractivity contribution in [1.82, 2.24) is 20.4 Å². The van der Waals surface area contributed by atoms with E-state index in [4.69, 9.17) is 4.74 Å². The molecule has 0 radical (unpaired) electrons. The zero-order chi connectivity index (χ0) is 19.8. The number of hydrogen-bond acceptors (Lipinski definition) is 6. The van der Waals surface area contributed by atoms with Crippen LogP contribution in [0, 0.1) is 0 Å². The number of aromatic nitrogens is 2. The molecule has 7 nitrogen and oxygen atoms in total. The molecule has 2 N–H and O–H groups in total. The molecule has 1 amide bonds. The zero-order valence-corrected chi connectivity index (χ0v) is 15.9. The smallest absolute Gasteiger partial charge is 0.271 e. The van der Waals surface area contributed by atoms with Gasteiger partial charge in [0.25, 0.3) is 5.91 Å². The van der Waals surface area contributed by atoms with Crippen molar-refractivity contribution in [3.05, 3.63) is 72.4 Å². The molecule has 3 aromatic rings. The number of anilines is 2. The van der Waals surface area contributed by atoms with Crippen LogP contribution in [0.4, 0.5) is 11.5 Å². The van der Waals surface area contributed by atoms with Crippen LogP contribution in [0.1, 0.15) is 10.5 Å². The summed E-state index contributed by atoms with van der Waals surface area (Å²) in [5.74, 6) is 1.69. The number of para-hydroxylation sites is 3. The first kappa shape index (κ1) is 19.3. The number of carbonyl (C=O) groups is 1. The van der Waals surface area contributed by atoms with Crippen LogP contribution in [0.5, 0.6) is 11.5 Å². The normalized spacial score (nSPS) is 10.5.